The second-order valence-corrected chi connectivity index (χ2v) is 5.93. The second-order valence-electron chi connectivity index (χ2n) is 5.93. The Hall–Kier alpha value is -2.23. The molecule has 4 heteroatoms. The van der Waals surface area contributed by atoms with Crippen molar-refractivity contribution in [2.75, 3.05) is 0 Å². The van der Waals surface area contributed by atoms with Gasteiger partial charge in [-0.2, -0.15) is 0 Å². The molecule has 4 nitrogen and oxygen atoms in total. The van der Waals surface area contributed by atoms with E-state index in [1.54, 1.807) is 6.08 Å². The third-order valence-electron chi connectivity index (χ3n) is 3.65. The minimum absolute atomic E-state index is 0.231. The summed E-state index contributed by atoms with van der Waals surface area (Å²) in [7, 11) is 0. The van der Waals surface area contributed by atoms with E-state index in [9.17, 15) is 14.9 Å². The zero-order valence-electron chi connectivity index (χ0n) is 15.9. The first-order chi connectivity index (χ1) is 12.7. The maximum Gasteiger partial charge on any atom is 0.246 e. The van der Waals surface area contributed by atoms with Crippen molar-refractivity contribution in [3.63, 3.8) is 0 Å². The molecule has 0 saturated carbocycles. The molecular formula is C22H32NO3. The van der Waals surface area contributed by atoms with Crippen LogP contribution in [0.5, 0.6) is 0 Å². The molecular weight excluding hydrogens is 326 g/mol. The standard InChI is InChI=1S/C22H32NO3/c1-2-3-4-5-6-7-10-13-16-19-22(23(25)26)20-17-14-11-8-9-12-15-18-21-24/h6-7,9,11-14,16,20H,2-5,8,10,15,17-19H2,1H3/b7-6+,12-9+,14-11+,16-13+,22-20-. The number of nitrogens with zero attached hydrogens (tertiary/aromatic N) is 1. The minimum atomic E-state index is -0.311. The van der Waals surface area contributed by atoms with Gasteiger partial charge in [0.25, 0.3) is 0 Å². The lowest BCUT2D eigenvalue weighted by Crippen LogP contribution is -1.97. The number of rotatable bonds is 16. The Morgan fingerprint density at radius 2 is 1.50 bits per heavy atom. The van der Waals surface area contributed by atoms with Crippen LogP contribution >= 0.6 is 0 Å². The highest BCUT2D eigenvalue weighted by atomic mass is 16.6. The molecule has 26 heavy (non-hydrogen) atoms. The summed E-state index contributed by atoms with van der Waals surface area (Å²) in [6.07, 6.45) is 27.9. The summed E-state index contributed by atoms with van der Waals surface area (Å²) in [6.45, 7) is 2.19. The van der Waals surface area contributed by atoms with Crippen LogP contribution < -0.4 is 0 Å². The highest BCUT2D eigenvalue weighted by Crippen LogP contribution is 2.07. The van der Waals surface area contributed by atoms with Crippen molar-refractivity contribution in [1.29, 1.82) is 0 Å². The van der Waals surface area contributed by atoms with Crippen LogP contribution in [0.4, 0.5) is 0 Å². The molecule has 0 fully saturated rings. The molecule has 0 bridgehead atoms. The molecule has 0 unspecified atom stereocenters. The highest BCUT2D eigenvalue weighted by molar-refractivity contribution is 5.50. The topological polar surface area (TPSA) is 60.2 Å². The van der Waals surface area contributed by atoms with Crippen molar-refractivity contribution in [2.45, 2.75) is 71.1 Å². The lowest BCUT2D eigenvalue weighted by atomic mass is 10.2. The molecule has 143 valence electrons. The smallest absolute Gasteiger partial charge is 0.246 e. The number of allylic oxidation sites excluding steroid dienone is 9. The largest absolute Gasteiger partial charge is 0.291 e. The van der Waals surface area contributed by atoms with Crippen LogP contribution in [0.1, 0.15) is 71.1 Å². The fourth-order valence-electron chi connectivity index (χ4n) is 2.17. The van der Waals surface area contributed by atoms with Gasteiger partial charge in [-0.05, 0) is 44.6 Å². The first kappa shape index (κ1) is 23.8. The first-order valence-corrected chi connectivity index (χ1v) is 9.50. The predicted octanol–water partition coefficient (Wildman–Crippen LogP) is 6.40. The molecule has 0 rings (SSSR count). The van der Waals surface area contributed by atoms with E-state index in [4.69, 9.17) is 0 Å². The molecule has 0 atom stereocenters. The van der Waals surface area contributed by atoms with Gasteiger partial charge >= 0.3 is 0 Å². The SMILES string of the molecule is CCCCC/C=C/C/C=C/C/C(=C/C/C=C/C/C=C/CC[C]=O)[N+](=O)[O-]. The molecule has 0 aromatic heterocycles. The number of nitro groups is 1. The van der Waals surface area contributed by atoms with E-state index in [0.717, 1.165) is 19.3 Å². The van der Waals surface area contributed by atoms with Crippen molar-refractivity contribution in [3.05, 3.63) is 70.5 Å². The maximum atomic E-state index is 11.1. The quantitative estimate of drug-likeness (QED) is 0.139. The first-order valence-electron chi connectivity index (χ1n) is 9.50. The number of hydrogen-bond donors (Lipinski definition) is 0. The second kappa shape index (κ2) is 19.1. The van der Waals surface area contributed by atoms with E-state index in [-0.39, 0.29) is 10.6 Å². The Kier molecular flexibility index (Phi) is 17.5. The van der Waals surface area contributed by atoms with Crippen molar-refractivity contribution >= 4 is 6.29 Å². The van der Waals surface area contributed by atoms with Gasteiger partial charge in [0.15, 0.2) is 6.29 Å². The Balaban J connectivity index is 4.05. The summed E-state index contributed by atoms with van der Waals surface area (Å²) < 4.78 is 0. The number of unbranched alkanes of at least 4 members (excludes halogenated alkanes) is 4. The van der Waals surface area contributed by atoms with Gasteiger partial charge in [0.2, 0.25) is 5.70 Å². The Morgan fingerprint density at radius 3 is 2.15 bits per heavy atom. The van der Waals surface area contributed by atoms with Gasteiger partial charge < -0.3 is 0 Å². The molecule has 0 amide bonds. The average Bonchev–Trinajstić information content (AvgIpc) is 2.63. The molecule has 0 aliphatic carbocycles. The monoisotopic (exact) mass is 358 g/mol. The summed E-state index contributed by atoms with van der Waals surface area (Å²) in [5.74, 6) is 0. The van der Waals surface area contributed by atoms with Gasteiger partial charge in [-0.25, -0.2) is 0 Å². The summed E-state index contributed by atoms with van der Waals surface area (Å²) >= 11 is 0. The van der Waals surface area contributed by atoms with E-state index >= 15 is 0 Å². The Morgan fingerprint density at radius 1 is 0.885 bits per heavy atom. The van der Waals surface area contributed by atoms with Gasteiger partial charge in [0.1, 0.15) is 0 Å². The van der Waals surface area contributed by atoms with E-state index < -0.39 is 0 Å². The lowest BCUT2D eigenvalue weighted by molar-refractivity contribution is -0.427. The lowest BCUT2D eigenvalue weighted by Gasteiger charge is -1.93. The van der Waals surface area contributed by atoms with E-state index in [1.165, 1.54) is 19.3 Å². The Bertz CT molecular complexity index is 513. The predicted molar refractivity (Wildman–Crippen MR) is 109 cm³/mol. The van der Waals surface area contributed by atoms with Gasteiger partial charge in [-0.15, -0.1) is 0 Å². The molecule has 0 aliphatic heterocycles. The normalized spacial score (nSPS) is 12.9. The summed E-state index contributed by atoms with van der Waals surface area (Å²) in [6, 6.07) is 0. The van der Waals surface area contributed by atoms with Crippen LogP contribution in [-0.4, -0.2) is 11.2 Å². The van der Waals surface area contributed by atoms with Crippen LogP contribution in [-0.2, 0) is 4.79 Å². The van der Waals surface area contributed by atoms with Gasteiger partial charge in [0, 0.05) is 6.42 Å². The van der Waals surface area contributed by atoms with Gasteiger partial charge in [-0.1, -0.05) is 68.4 Å². The van der Waals surface area contributed by atoms with E-state index in [1.807, 2.05) is 42.7 Å². The summed E-state index contributed by atoms with van der Waals surface area (Å²) in [5.41, 5.74) is 0.231. The van der Waals surface area contributed by atoms with E-state index in [2.05, 4.69) is 19.1 Å². The third kappa shape index (κ3) is 16.6. The zero-order valence-corrected chi connectivity index (χ0v) is 15.9. The van der Waals surface area contributed by atoms with Crippen molar-refractivity contribution in [1.82, 2.24) is 0 Å². The fourth-order valence-corrected chi connectivity index (χ4v) is 2.17. The van der Waals surface area contributed by atoms with Gasteiger partial charge in [0.05, 0.1) is 11.3 Å². The summed E-state index contributed by atoms with van der Waals surface area (Å²) in [4.78, 5) is 20.8. The molecule has 0 N–H and O–H groups in total. The maximum absolute atomic E-state index is 11.1. The summed E-state index contributed by atoms with van der Waals surface area (Å²) in [5, 5.41) is 11.1. The molecule has 0 aromatic carbocycles. The number of carbonyl (C=O) groups excluding carboxylic acids is 1. The van der Waals surface area contributed by atoms with Crippen LogP contribution in [0.3, 0.4) is 0 Å². The molecule has 0 heterocycles. The minimum Gasteiger partial charge on any atom is -0.291 e. The highest BCUT2D eigenvalue weighted by Gasteiger charge is 2.06. The zero-order chi connectivity index (χ0) is 19.3. The fraction of sp³-hybridized carbons (Fsp3) is 0.500. The van der Waals surface area contributed by atoms with E-state index in [0.29, 0.717) is 25.7 Å². The van der Waals surface area contributed by atoms with Crippen LogP contribution in [0, 0.1) is 10.1 Å². The van der Waals surface area contributed by atoms with Crippen molar-refractivity contribution in [2.24, 2.45) is 0 Å². The van der Waals surface area contributed by atoms with Crippen molar-refractivity contribution < 1.29 is 9.72 Å². The number of hydrogen-bond acceptors (Lipinski definition) is 3. The molecule has 1 radical (unpaired) electrons. The average molecular weight is 359 g/mol. The third-order valence-corrected chi connectivity index (χ3v) is 3.65. The van der Waals surface area contributed by atoms with Gasteiger partial charge in [-0.3, -0.25) is 14.9 Å². The van der Waals surface area contributed by atoms with Crippen LogP contribution in [0.2, 0.25) is 0 Å². The van der Waals surface area contributed by atoms with Crippen LogP contribution in [0.25, 0.3) is 0 Å². The molecule has 0 spiro atoms. The molecule has 0 saturated heterocycles. The van der Waals surface area contributed by atoms with Crippen LogP contribution in [0.15, 0.2) is 60.4 Å². The Labute approximate surface area is 158 Å². The molecule has 0 aromatic rings. The van der Waals surface area contributed by atoms with Crippen molar-refractivity contribution in [3.8, 4) is 0 Å². The molecule has 0 aliphatic rings.